The Morgan fingerprint density at radius 1 is 1.53 bits per heavy atom. The third kappa shape index (κ3) is 2.02. The van der Waals surface area contributed by atoms with E-state index in [0.29, 0.717) is 21.5 Å². The molecule has 0 atom stereocenters. The van der Waals surface area contributed by atoms with Crippen molar-refractivity contribution in [1.82, 2.24) is 15.0 Å². The zero-order valence-electron chi connectivity index (χ0n) is 8.07. The normalized spacial score (nSPS) is 10.8. The summed E-state index contributed by atoms with van der Waals surface area (Å²) in [6.07, 6.45) is 0. The van der Waals surface area contributed by atoms with Crippen LogP contribution < -0.4 is 5.46 Å². The van der Waals surface area contributed by atoms with Gasteiger partial charge in [0.25, 0.3) is 0 Å². The number of rotatable bonds is 2. The highest BCUT2D eigenvalue weighted by molar-refractivity contribution is 6.40. The predicted molar refractivity (Wildman–Crippen MR) is 58.6 cm³/mol. The lowest BCUT2D eigenvalue weighted by molar-refractivity contribution is -0.117. The molecular weight excluding hydrogens is 212 g/mol. The summed E-state index contributed by atoms with van der Waals surface area (Å²) in [6.45, 7) is 1.62. The van der Waals surface area contributed by atoms with Crippen LogP contribution in [0, 0.1) is 0 Å². The highest BCUT2D eigenvalue weighted by atomic mass is 35.5. The number of Topliss-reactive ketones (excluding diaryl/α,β-unsaturated/α-hetero) is 1. The van der Waals surface area contributed by atoms with Crippen LogP contribution in [0.15, 0.2) is 12.1 Å². The quantitative estimate of drug-likeness (QED) is 0.690. The number of carbonyl (C=O) groups excluding carboxylic acids is 1. The van der Waals surface area contributed by atoms with Crippen molar-refractivity contribution in [3.63, 3.8) is 0 Å². The third-order valence-electron chi connectivity index (χ3n) is 1.89. The van der Waals surface area contributed by atoms with E-state index in [1.807, 2.05) is 0 Å². The second-order valence-corrected chi connectivity index (χ2v) is 3.73. The van der Waals surface area contributed by atoms with E-state index in [2.05, 4.69) is 10.2 Å². The minimum absolute atomic E-state index is 0.0139. The molecule has 15 heavy (non-hydrogen) atoms. The molecule has 0 aliphatic rings. The van der Waals surface area contributed by atoms with Gasteiger partial charge in [-0.3, -0.25) is 4.79 Å². The Morgan fingerprint density at radius 3 is 2.93 bits per heavy atom. The maximum absolute atomic E-state index is 10.9. The molecule has 0 N–H and O–H groups in total. The maximum Gasteiger partial charge on any atom is 0.153 e. The summed E-state index contributed by atoms with van der Waals surface area (Å²) in [4.78, 5) is 12.2. The minimum Gasteiger partial charge on any atom is -0.298 e. The van der Waals surface area contributed by atoms with E-state index in [9.17, 15) is 4.79 Å². The van der Waals surface area contributed by atoms with Crippen LogP contribution in [-0.2, 0) is 11.3 Å². The molecule has 2 aromatic rings. The number of ketones is 1. The molecule has 2 radical (unpaired) electrons. The average molecular weight is 219 g/mol. The van der Waals surface area contributed by atoms with Crippen molar-refractivity contribution in [1.29, 1.82) is 0 Å². The van der Waals surface area contributed by atoms with Crippen molar-refractivity contribution in [3.8, 4) is 0 Å². The molecule has 74 valence electrons. The van der Waals surface area contributed by atoms with Gasteiger partial charge in [-0.05, 0) is 19.1 Å². The monoisotopic (exact) mass is 219 g/mol. The van der Waals surface area contributed by atoms with Crippen molar-refractivity contribution in [3.05, 3.63) is 17.2 Å². The molecule has 1 aromatic carbocycles. The lowest BCUT2D eigenvalue weighted by Gasteiger charge is -1.93. The van der Waals surface area contributed by atoms with Crippen molar-refractivity contribution >= 4 is 41.7 Å². The number of aromatic nitrogens is 3. The summed E-state index contributed by atoms with van der Waals surface area (Å²) in [6, 6.07) is 3.27. The van der Waals surface area contributed by atoms with E-state index in [1.165, 1.54) is 11.7 Å². The molecule has 1 heterocycles. The van der Waals surface area contributed by atoms with Crippen LogP contribution >= 0.6 is 11.6 Å². The highest BCUT2D eigenvalue weighted by Gasteiger charge is 2.07. The van der Waals surface area contributed by atoms with Gasteiger partial charge in [0, 0.05) is 5.02 Å². The van der Waals surface area contributed by atoms with E-state index in [0.717, 1.165) is 0 Å². The fraction of sp³-hybridized carbons (Fsp3) is 0.222. The number of carbonyl (C=O) groups is 1. The first-order valence-electron chi connectivity index (χ1n) is 4.35. The molecule has 0 amide bonds. The SMILES string of the molecule is [B]c1cc(Cl)cc2nn(CC(C)=O)nc12. The largest absolute Gasteiger partial charge is 0.298 e. The zero-order chi connectivity index (χ0) is 11.0. The summed E-state index contributed by atoms with van der Waals surface area (Å²) in [5.74, 6) is -0.0139. The van der Waals surface area contributed by atoms with E-state index >= 15 is 0 Å². The summed E-state index contributed by atoms with van der Waals surface area (Å²) in [5, 5.41) is 8.70. The second-order valence-electron chi connectivity index (χ2n) is 3.30. The smallest absolute Gasteiger partial charge is 0.153 e. The van der Waals surface area contributed by atoms with Crippen LogP contribution in [0.5, 0.6) is 0 Å². The molecule has 4 nitrogen and oxygen atoms in total. The highest BCUT2D eigenvalue weighted by Crippen LogP contribution is 2.13. The fourth-order valence-corrected chi connectivity index (χ4v) is 1.54. The van der Waals surface area contributed by atoms with Crippen molar-refractivity contribution in [2.45, 2.75) is 13.5 Å². The van der Waals surface area contributed by atoms with Gasteiger partial charge in [-0.1, -0.05) is 17.1 Å². The van der Waals surface area contributed by atoms with E-state index in [4.69, 9.17) is 19.4 Å². The lowest BCUT2D eigenvalue weighted by atomic mass is 9.95. The molecule has 0 saturated carbocycles. The molecule has 0 spiro atoms. The molecular formula is C9H7BClN3O. The summed E-state index contributed by atoms with van der Waals surface area (Å²) in [7, 11) is 5.72. The Kier molecular flexibility index (Phi) is 2.48. The molecule has 1 aromatic heterocycles. The van der Waals surface area contributed by atoms with E-state index < -0.39 is 0 Å². The summed E-state index contributed by atoms with van der Waals surface area (Å²) < 4.78 is 0. The Bertz CT molecular complexity index is 537. The molecule has 0 aliphatic carbocycles. The Labute approximate surface area is 92.6 Å². The van der Waals surface area contributed by atoms with E-state index in [1.54, 1.807) is 12.1 Å². The van der Waals surface area contributed by atoms with Crippen LogP contribution in [0.3, 0.4) is 0 Å². The topological polar surface area (TPSA) is 47.8 Å². The van der Waals surface area contributed by atoms with Crippen LogP contribution in [0.4, 0.5) is 0 Å². The van der Waals surface area contributed by atoms with Crippen molar-refractivity contribution in [2.75, 3.05) is 0 Å². The number of hydrogen-bond acceptors (Lipinski definition) is 3. The van der Waals surface area contributed by atoms with Crippen LogP contribution in [0.25, 0.3) is 11.0 Å². The number of benzene rings is 1. The lowest BCUT2D eigenvalue weighted by Crippen LogP contribution is -2.10. The standard InChI is InChI=1S/C9H7BClN3O/c1-5(15)4-14-12-8-3-6(11)2-7(10)9(8)13-14/h2-3H,4H2,1H3. The van der Waals surface area contributed by atoms with Crippen LogP contribution in [-0.4, -0.2) is 28.6 Å². The third-order valence-corrected chi connectivity index (χ3v) is 2.10. The van der Waals surface area contributed by atoms with Gasteiger partial charge in [0.15, 0.2) is 5.78 Å². The van der Waals surface area contributed by atoms with Crippen molar-refractivity contribution < 1.29 is 4.79 Å². The molecule has 0 unspecified atom stereocenters. The Balaban J connectivity index is 2.55. The first-order valence-corrected chi connectivity index (χ1v) is 4.73. The van der Waals surface area contributed by atoms with Gasteiger partial charge in [-0.15, -0.1) is 0 Å². The maximum atomic E-state index is 10.9. The van der Waals surface area contributed by atoms with Crippen LogP contribution in [0.2, 0.25) is 5.02 Å². The van der Waals surface area contributed by atoms with Crippen molar-refractivity contribution in [2.24, 2.45) is 0 Å². The molecule has 6 heteroatoms. The number of nitrogens with zero attached hydrogens (tertiary/aromatic N) is 3. The van der Waals surface area contributed by atoms with Gasteiger partial charge in [-0.25, -0.2) is 0 Å². The number of fused-ring (bicyclic) bond motifs is 1. The molecule has 0 aliphatic heterocycles. The van der Waals surface area contributed by atoms with Gasteiger partial charge in [0.2, 0.25) is 0 Å². The number of hydrogen-bond donors (Lipinski definition) is 0. The van der Waals surface area contributed by atoms with E-state index in [-0.39, 0.29) is 12.3 Å². The fourth-order valence-electron chi connectivity index (χ4n) is 1.32. The minimum atomic E-state index is -0.0139. The summed E-state index contributed by atoms with van der Waals surface area (Å²) >= 11 is 5.81. The first-order chi connectivity index (χ1) is 7.06. The number of halogens is 1. The average Bonchev–Trinajstić information content (AvgIpc) is 2.45. The van der Waals surface area contributed by atoms with Gasteiger partial charge >= 0.3 is 0 Å². The molecule has 0 saturated heterocycles. The van der Waals surface area contributed by atoms with Gasteiger partial charge < -0.3 is 0 Å². The summed E-state index contributed by atoms with van der Waals surface area (Å²) in [5.41, 5.74) is 1.63. The zero-order valence-corrected chi connectivity index (χ0v) is 8.82. The Hall–Kier alpha value is -1.36. The molecule has 0 fully saturated rings. The predicted octanol–water partition coefficient (Wildman–Crippen LogP) is 0.467. The first kappa shape index (κ1) is 10.2. The van der Waals surface area contributed by atoms with Gasteiger partial charge in [0.1, 0.15) is 25.4 Å². The second kappa shape index (κ2) is 3.66. The van der Waals surface area contributed by atoms with Gasteiger partial charge in [-0.2, -0.15) is 15.0 Å². The molecule has 0 bridgehead atoms. The van der Waals surface area contributed by atoms with Gasteiger partial charge in [0.05, 0.1) is 0 Å². The Morgan fingerprint density at radius 2 is 2.27 bits per heavy atom. The molecule has 2 rings (SSSR count). The van der Waals surface area contributed by atoms with Crippen LogP contribution in [0.1, 0.15) is 6.92 Å².